The van der Waals surface area contributed by atoms with Gasteiger partial charge in [0.05, 0.1) is 6.54 Å². The third-order valence-corrected chi connectivity index (χ3v) is 1.13. The molecule has 0 aromatic heterocycles. The molecule has 0 fully saturated rings. The normalized spacial score (nSPS) is 8.91. The van der Waals surface area contributed by atoms with Crippen molar-refractivity contribution in [1.29, 1.82) is 0 Å². The van der Waals surface area contributed by atoms with Crippen LogP contribution in [0.5, 0.6) is 0 Å². The number of nitrogens with zero attached hydrogens (tertiary/aromatic N) is 2. The molecule has 62 valence electrons. The van der Waals surface area contributed by atoms with Gasteiger partial charge in [0.1, 0.15) is 12.3 Å². The van der Waals surface area contributed by atoms with Gasteiger partial charge in [0.15, 0.2) is 0 Å². The Hall–Kier alpha value is -1.19. The maximum atomic E-state index is 10.9. The Bertz CT molecular complexity index is 177. The van der Waals surface area contributed by atoms with E-state index in [4.69, 9.17) is 0 Å². The van der Waals surface area contributed by atoms with Crippen LogP contribution in [0.2, 0.25) is 0 Å². The average Bonchev–Trinajstić information content (AvgIpc) is 1.86. The zero-order chi connectivity index (χ0) is 8.85. The molecule has 0 radical (unpaired) electrons. The number of aliphatic imine (C=N–C) groups is 1. The largest absolute Gasteiger partial charge is 0.337 e. The van der Waals surface area contributed by atoms with Gasteiger partial charge in [0.25, 0.3) is 0 Å². The molecule has 0 saturated carbocycles. The van der Waals surface area contributed by atoms with Crippen molar-refractivity contribution in [2.24, 2.45) is 4.99 Å². The Morgan fingerprint density at radius 1 is 1.55 bits per heavy atom. The third kappa shape index (κ3) is 4.25. The highest BCUT2D eigenvalue weighted by atomic mass is 16.2. The summed E-state index contributed by atoms with van der Waals surface area (Å²) in [4.78, 5) is 26.2. The number of rotatable bonds is 4. The Kier molecular flexibility index (Phi) is 4.10. The summed E-state index contributed by atoms with van der Waals surface area (Å²) < 4.78 is 0. The van der Waals surface area contributed by atoms with E-state index in [-0.39, 0.29) is 24.8 Å². The number of Topliss-reactive ketones (excluding diaryl/α,β-unsaturated/α-hetero) is 1. The van der Waals surface area contributed by atoms with Gasteiger partial charge in [-0.15, -0.1) is 0 Å². The molecule has 4 nitrogen and oxygen atoms in total. The highest BCUT2D eigenvalue weighted by Crippen LogP contribution is 1.85. The Morgan fingerprint density at radius 3 is 2.45 bits per heavy atom. The smallest absolute Gasteiger partial charge is 0.244 e. The molecule has 0 N–H and O–H groups in total. The first-order chi connectivity index (χ1) is 5.07. The van der Waals surface area contributed by atoms with Crippen molar-refractivity contribution < 1.29 is 9.59 Å². The molecule has 0 aliphatic rings. The summed E-state index contributed by atoms with van der Waals surface area (Å²) in [6.45, 7) is 4.81. The lowest BCUT2D eigenvalue weighted by Gasteiger charge is -2.12. The van der Waals surface area contributed by atoms with Crippen LogP contribution < -0.4 is 0 Å². The summed E-state index contributed by atoms with van der Waals surface area (Å²) in [5, 5.41) is 0. The summed E-state index contributed by atoms with van der Waals surface area (Å²) in [6, 6.07) is 0. The first kappa shape index (κ1) is 9.81. The van der Waals surface area contributed by atoms with Gasteiger partial charge >= 0.3 is 0 Å². The molecule has 1 amide bonds. The Morgan fingerprint density at radius 2 is 2.09 bits per heavy atom. The van der Waals surface area contributed by atoms with Crippen LogP contribution in [0.3, 0.4) is 0 Å². The van der Waals surface area contributed by atoms with Crippen molar-refractivity contribution in [2.45, 2.75) is 6.92 Å². The second-order valence-electron chi connectivity index (χ2n) is 2.33. The van der Waals surface area contributed by atoms with Crippen molar-refractivity contribution in [2.75, 3.05) is 20.1 Å². The molecule has 0 aliphatic heterocycles. The molecular weight excluding hydrogens is 144 g/mol. The van der Waals surface area contributed by atoms with E-state index in [1.54, 1.807) is 7.05 Å². The number of carbonyl (C=O) groups is 2. The van der Waals surface area contributed by atoms with Gasteiger partial charge in [0.2, 0.25) is 5.91 Å². The number of amides is 1. The minimum atomic E-state index is -0.185. The summed E-state index contributed by atoms with van der Waals surface area (Å²) in [6.07, 6.45) is 0. The van der Waals surface area contributed by atoms with E-state index >= 15 is 0 Å². The van der Waals surface area contributed by atoms with Crippen LogP contribution in [-0.2, 0) is 9.59 Å². The predicted molar refractivity (Wildman–Crippen MR) is 42.7 cm³/mol. The lowest BCUT2D eigenvalue weighted by molar-refractivity contribution is -0.132. The highest BCUT2D eigenvalue weighted by molar-refractivity contribution is 5.85. The SMILES string of the molecule is C=NCC(=O)N(C)CC(C)=O. The second-order valence-corrected chi connectivity index (χ2v) is 2.33. The predicted octanol–water partition coefficient (Wildman–Crippen LogP) is -0.266. The van der Waals surface area contributed by atoms with Crippen LogP contribution in [0.25, 0.3) is 0 Å². The summed E-state index contributed by atoms with van der Waals surface area (Å²) in [5.74, 6) is -0.222. The van der Waals surface area contributed by atoms with Crippen LogP contribution >= 0.6 is 0 Å². The van der Waals surface area contributed by atoms with Crippen LogP contribution in [0.15, 0.2) is 4.99 Å². The van der Waals surface area contributed by atoms with Crippen LogP contribution in [0.4, 0.5) is 0 Å². The first-order valence-electron chi connectivity index (χ1n) is 3.23. The maximum Gasteiger partial charge on any atom is 0.244 e. The van der Waals surface area contributed by atoms with Gasteiger partial charge in [-0.2, -0.15) is 0 Å². The molecule has 0 unspecified atom stereocenters. The lowest BCUT2D eigenvalue weighted by atomic mass is 10.4. The number of likely N-dealkylation sites (N-methyl/N-ethyl adjacent to an activating group) is 1. The lowest BCUT2D eigenvalue weighted by Crippen LogP contribution is -2.32. The van der Waals surface area contributed by atoms with Crippen molar-refractivity contribution in [3.8, 4) is 0 Å². The van der Waals surface area contributed by atoms with Crippen molar-refractivity contribution >= 4 is 18.4 Å². The third-order valence-electron chi connectivity index (χ3n) is 1.13. The minimum absolute atomic E-state index is 0.0371. The van der Waals surface area contributed by atoms with E-state index in [9.17, 15) is 9.59 Å². The molecule has 0 aliphatic carbocycles. The van der Waals surface area contributed by atoms with Crippen molar-refractivity contribution in [3.05, 3.63) is 0 Å². The molecule has 0 heterocycles. The van der Waals surface area contributed by atoms with Gasteiger partial charge in [-0.05, 0) is 13.6 Å². The standard InChI is InChI=1S/C7H12N2O2/c1-6(10)5-9(3)7(11)4-8-2/h2,4-5H2,1,3H3. The zero-order valence-electron chi connectivity index (χ0n) is 6.83. The molecule has 0 bridgehead atoms. The van der Waals surface area contributed by atoms with Gasteiger partial charge in [0, 0.05) is 7.05 Å². The van der Waals surface area contributed by atoms with E-state index in [0.29, 0.717) is 0 Å². The molecule has 0 atom stereocenters. The van der Waals surface area contributed by atoms with E-state index < -0.39 is 0 Å². The van der Waals surface area contributed by atoms with E-state index in [2.05, 4.69) is 11.7 Å². The molecule has 0 aromatic carbocycles. The molecule has 0 aromatic rings. The Labute approximate surface area is 65.9 Å². The molecule has 0 rings (SSSR count). The number of hydrogen-bond acceptors (Lipinski definition) is 3. The van der Waals surface area contributed by atoms with Crippen molar-refractivity contribution in [3.63, 3.8) is 0 Å². The fourth-order valence-electron chi connectivity index (χ4n) is 0.639. The topological polar surface area (TPSA) is 49.7 Å². The fourth-order valence-corrected chi connectivity index (χ4v) is 0.639. The van der Waals surface area contributed by atoms with E-state index in [1.165, 1.54) is 11.8 Å². The number of hydrogen-bond donors (Lipinski definition) is 0. The summed E-state index contributed by atoms with van der Waals surface area (Å²) >= 11 is 0. The van der Waals surface area contributed by atoms with Gasteiger partial charge in [-0.1, -0.05) is 0 Å². The number of carbonyl (C=O) groups excluding carboxylic acids is 2. The summed E-state index contributed by atoms with van der Waals surface area (Å²) in [7, 11) is 1.56. The van der Waals surface area contributed by atoms with Gasteiger partial charge in [-0.25, -0.2) is 0 Å². The molecule has 4 heteroatoms. The average molecular weight is 156 g/mol. The molecular formula is C7H12N2O2. The first-order valence-corrected chi connectivity index (χ1v) is 3.23. The minimum Gasteiger partial charge on any atom is -0.337 e. The monoisotopic (exact) mass is 156 g/mol. The fraction of sp³-hybridized carbons (Fsp3) is 0.571. The van der Waals surface area contributed by atoms with Crippen LogP contribution in [-0.4, -0.2) is 43.4 Å². The molecule has 0 saturated heterocycles. The van der Waals surface area contributed by atoms with Gasteiger partial charge < -0.3 is 4.90 Å². The van der Waals surface area contributed by atoms with E-state index in [1.807, 2.05) is 0 Å². The van der Waals surface area contributed by atoms with Gasteiger partial charge in [-0.3, -0.25) is 14.6 Å². The van der Waals surface area contributed by atoms with E-state index in [0.717, 1.165) is 0 Å². The van der Waals surface area contributed by atoms with Crippen LogP contribution in [0, 0.1) is 0 Å². The summed E-state index contributed by atoms with van der Waals surface area (Å²) in [5.41, 5.74) is 0. The zero-order valence-corrected chi connectivity index (χ0v) is 6.83. The maximum absolute atomic E-state index is 10.9. The van der Waals surface area contributed by atoms with Crippen LogP contribution in [0.1, 0.15) is 6.92 Å². The second kappa shape index (κ2) is 4.60. The number of ketones is 1. The van der Waals surface area contributed by atoms with Crippen molar-refractivity contribution in [1.82, 2.24) is 4.90 Å². The molecule has 11 heavy (non-hydrogen) atoms. The highest BCUT2D eigenvalue weighted by Gasteiger charge is 2.07. The molecule has 0 spiro atoms. The quantitative estimate of drug-likeness (QED) is 0.526. The Balaban J connectivity index is 3.81.